The molecule has 1 aliphatic rings. The van der Waals surface area contributed by atoms with E-state index in [0.29, 0.717) is 19.8 Å². The second-order valence-corrected chi connectivity index (χ2v) is 6.20. The van der Waals surface area contributed by atoms with Crippen molar-refractivity contribution in [3.8, 4) is 0 Å². The fourth-order valence-corrected chi connectivity index (χ4v) is 3.35. The van der Waals surface area contributed by atoms with Gasteiger partial charge in [-0.1, -0.05) is 37.3 Å². The number of nitrogens with zero attached hydrogens (tertiary/aromatic N) is 1. The number of ether oxygens (including phenoxy) is 1. The van der Waals surface area contributed by atoms with Gasteiger partial charge in [-0.15, -0.1) is 0 Å². The topological polar surface area (TPSA) is 46.6 Å². The van der Waals surface area contributed by atoms with Gasteiger partial charge in [0, 0.05) is 20.1 Å². The molecule has 0 N–H and O–H groups in total. The maximum absolute atomic E-state index is 11.9. The van der Waals surface area contributed by atoms with E-state index in [9.17, 15) is 9.59 Å². The van der Waals surface area contributed by atoms with Crippen molar-refractivity contribution < 1.29 is 14.3 Å². The summed E-state index contributed by atoms with van der Waals surface area (Å²) in [6, 6.07) is 9.77. The Kier molecular flexibility index (Phi) is 5.72. The Hall–Kier alpha value is -1.68. The highest BCUT2D eigenvalue weighted by Crippen LogP contribution is 2.31. The molecule has 22 heavy (non-hydrogen) atoms. The van der Waals surface area contributed by atoms with Gasteiger partial charge in [-0.25, -0.2) is 0 Å². The van der Waals surface area contributed by atoms with Crippen LogP contribution in [0.15, 0.2) is 30.3 Å². The molecule has 1 saturated heterocycles. The van der Waals surface area contributed by atoms with E-state index in [-0.39, 0.29) is 29.6 Å². The molecule has 1 aromatic carbocycles. The largest absolute Gasteiger partial charge is 0.376 e. The molecule has 1 fully saturated rings. The van der Waals surface area contributed by atoms with Crippen molar-refractivity contribution in [2.24, 2.45) is 11.8 Å². The van der Waals surface area contributed by atoms with Gasteiger partial charge >= 0.3 is 0 Å². The zero-order valence-corrected chi connectivity index (χ0v) is 13.6. The van der Waals surface area contributed by atoms with Gasteiger partial charge in [-0.05, 0) is 30.7 Å². The Morgan fingerprint density at radius 2 is 1.95 bits per heavy atom. The second-order valence-electron chi connectivity index (χ2n) is 6.20. The zero-order valence-electron chi connectivity index (χ0n) is 13.6. The minimum atomic E-state index is -0.284. The van der Waals surface area contributed by atoms with E-state index in [0.717, 1.165) is 12.0 Å². The lowest BCUT2D eigenvalue weighted by Crippen LogP contribution is -2.43. The average molecular weight is 303 g/mol. The molecule has 1 amide bonds. The summed E-state index contributed by atoms with van der Waals surface area (Å²) in [5.41, 5.74) is 1.15. The van der Waals surface area contributed by atoms with Gasteiger partial charge < -0.3 is 9.64 Å². The first-order valence-electron chi connectivity index (χ1n) is 7.90. The normalized spacial score (nSPS) is 22.6. The van der Waals surface area contributed by atoms with Crippen molar-refractivity contribution in [1.82, 2.24) is 4.90 Å². The van der Waals surface area contributed by atoms with Crippen LogP contribution in [0.4, 0.5) is 0 Å². The van der Waals surface area contributed by atoms with Crippen molar-refractivity contribution in [3.63, 3.8) is 0 Å². The van der Waals surface area contributed by atoms with Crippen LogP contribution in [0.1, 0.15) is 32.8 Å². The van der Waals surface area contributed by atoms with Gasteiger partial charge in [0.2, 0.25) is 5.91 Å². The van der Waals surface area contributed by atoms with Crippen molar-refractivity contribution in [2.75, 3.05) is 13.2 Å². The molecule has 0 aliphatic carbocycles. The summed E-state index contributed by atoms with van der Waals surface area (Å²) >= 11 is 0. The molecule has 0 bridgehead atoms. The lowest BCUT2D eigenvalue weighted by Gasteiger charge is -2.28. The number of carbonyl (C=O) groups excluding carboxylic acids is 2. The molecule has 0 spiro atoms. The van der Waals surface area contributed by atoms with Gasteiger partial charge in [-0.2, -0.15) is 0 Å². The Morgan fingerprint density at radius 1 is 1.27 bits per heavy atom. The van der Waals surface area contributed by atoms with Gasteiger partial charge in [0.25, 0.3) is 0 Å². The molecule has 0 radical (unpaired) electrons. The van der Waals surface area contributed by atoms with Crippen LogP contribution in [-0.2, 0) is 20.9 Å². The van der Waals surface area contributed by atoms with Gasteiger partial charge in [-0.3, -0.25) is 9.59 Å². The third kappa shape index (κ3) is 3.95. The number of benzene rings is 1. The summed E-state index contributed by atoms with van der Waals surface area (Å²) in [5, 5.41) is 0. The molecule has 0 saturated carbocycles. The molecule has 1 aromatic rings. The molecule has 4 heteroatoms. The van der Waals surface area contributed by atoms with Crippen molar-refractivity contribution in [1.29, 1.82) is 0 Å². The van der Waals surface area contributed by atoms with Gasteiger partial charge in [0.15, 0.2) is 5.78 Å². The SMILES string of the molecule is CC(=O)[C@@H]1C(C(C)COCc2ccccc2)CCN1C(C)=O. The van der Waals surface area contributed by atoms with Crippen LogP contribution in [0, 0.1) is 11.8 Å². The number of rotatable bonds is 6. The van der Waals surface area contributed by atoms with Crippen molar-refractivity contribution >= 4 is 11.7 Å². The van der Waals surface area contributed by atoms with Crippen LogP contribution in [-0.4, -0.2) is 35.8 Å². The molecule has 3 atom stereocenters. The fraction of sp³-hybridized carbons (Fsp3) is 0.556. The Morgan fingerprint density at radius 3 is 2.55 bits per heavy atom. The van der Waals surface area contributed by atoms with Crippen LogP contribution in [0.3, 0.4) is 0 Å². The predicted octanol–water partition coefficient (Wildman–Crippen LogP) is 2.67. The second kappa shape index (κ2) is 7.54. The highest BCUT2D eigenvalue weighted by molar-refractivity contribution is 5.87. The van der Waals surface area contributed by atoms with E-state index in [1.807, 2.05) is 30.3 Å². The highest BCUT2D eigenvalue weighted by atomic mass is 16.5. The van der Waals surface area contributed by atoms with Crippen LogP contribution >= 0.6 is 0 Å². The maximum Gasteiger partial charge on any atom is 0.220 e. The highest BCUT2D eigenvalue weighted by Gasteiger charge is 2.41. The summed E-state index contributed by atoms with van der Waals surface area (Å²) in [7, 11) is 0. The van der Waals surface area contributed by atoms with E-state index >= 15 is 0 Å². The minimum Gasteiger partial charge on any atom is -0.376 e. The summed E-state index contributed by atoms with van der Waals surface area (Å²) < 4.78 is 5.80. The third-order valence-corrected chi connectivity index (χ3v) is 4.49. The number of hydrogen-bond donors (Lipinski definition) is 0. The zero-order chi connectivity index (χ0) is 16.1. The minimum absolute atomic E-state index is 0.0138. The molecular formula is C18H25NO3. The van der Waals surface area contributed by atoms with Crippen molar-refractivity contribution in [2.45, 2.75) is 39.8 Å². The first kappa shape index (κ1) is 16.7. The molecule has 1 aliphatic heterocycles. The maximum atomic E-state index is 11.9. The number of Topliss-reactive ketones (excluding diaryl/α,β-unsaturated/α-hetero) is 1. The number of carbonyl (C=O) groups is 2. The summed E-state index contributed by atoms with van der Waals surface area (Å²) in [6.45, 7) is 7.09. The smallest absolute Gasteiger partial charge is 0.220 e. The fourth-order valence-electron chi connectivity index (χ4n) is 3.35. The summed E-state index contributed by atoms with van der Waals surface area (Å²) in [4.78, 5) is 25.3. The van der Waals surface area contributed by atoms with E-state index in [1.54, 1.807) is 11.8 Å². The number of hydrogen-bond acceptors (Lipinski definition) is 3. The Labute approximate surface area is 132 Å². The van der Waals surface area contributed by atoms with Gasteiger partial charge in [0.1, 0.15) is 0 Å². The van der Waals surface area contributed by atoms with E-state index < -0.39 is 0 Å². The Balaban J connectivity index is 1.90. The first-order chi connectivity index (χ1) is 10.5. The molecule has 120 valence electrons. The first-order valence-corrected chi connectivity index (χ1v) is 7.90. The molecule has 0 aromatic heterocycles. The number of likely N-dealkylation sites (tertiary alicyclic amines) is 1. The van der Waals surface area contributed by atoms with E-state index in [4.69, 9.17) is 4.74 Å². The van der Waals surface area contributed by atoms with Crippen LogP contribution in [0.5, 0.6) is 0 Å². The third-order valence-electron chi connectivity index (χ3n) is 4.49. The predicted molar refractivity (Wildman–Crippen MR) is 85.2 cm³/mol. The lowest BCUT2D eigenvalue weighted by molar-refractivity contribution is -0.136. The van der Waals surface area contributed by atoms with E-state index in [1.165, 1.54) is 6.92 Å². The molecule has 2 rings (SSSR count). The number of ketones is 1. The van der Waals surface area contributed by atoms with Crippen LogP contribution < -0.4 is 0 Å². The quantitative estimate of drug-likeness (QED) is 0.811. The number of amides is 1. The van der Waals surface area contributed by atoms with E-state index in [2.05, 4.69) is 6.92 Å². The molecule has 4 nitrogen and oxygen atoms in total. The van der Waals surface area contributed by atoms with Crippen LogP contribution in [0.25, 0.3) is 0 Å². The molecule has 1 heterocycles. The molecular weight excluding hydrogens is 278 g/mol. The monoisotopic (exact) mass is 303 g/mol. The molecule has 2 unspecified atom stereocenters. The summed E-state index contributed by atoms with van der Waals surface area (Å²) in [6.07, 6.45) is 0.875. The van der Waals surface area contributed by atoms with Crippen molar-refractivity contribution in [3.05, 3.63) is 35.9 Å². The van der Waals surface area contributed by atoms with Gasteiger partial charge in [0.05, 0.1) is 12.6 Å². The lowest BCUT2D eigenvalue weighted by atomic mass is 9.86. The standard InChI is InChI=1S/C18H25NO3/c1-13(11-22-12-16-7-5-4-6-8-16)17-9-10-19(15(3)21)18(17)14(2)20/h4-8,13,17-18H,9-12H2,1-3H3/t13?,17?,18-/m1/s1. The Bertz CT molecular complexity index is 514. The summed E-state index contributed by atoms with van der Waals surface area (Å²) in [5.74, 6) is 0.506. The average Bonchev–Trinajstić information content (AvgIpc) is 2.93. The van der Waals surface area contributed by atoms with Crippen LogP contribution in [0.2, 0.25) is 0 Å².